The number of hydrogen-bond acceptors (Lipinski definition) is 2. The molecule has 2 rings (SSSR count). The van der Waals surface area contributed by atoms with Crippen LogP contribution >= 0.6 is 24.0 Å². The van der Waals surface area contributed by atoms with Gasteiger partial charge < -0.3 is 10.5 Å². The van der Waals surface area contributed by atoms with E-state index in [1.165, 1.54) is 12.1 Å². The van der Waals surface area contributed by atoms with Crippen molar-refractivity contribution in [3.63, 3.8) is 0 Å². The van der Waals surface area contributed by atoms with E-state index in [0.29, 0.717) is 0 Å². The highest BCUT2D eigenvalue weighted by Crippen LogP contribution is 2.40. The second-order valence-electron chi connectivity index (χ2n) is 4.27. The lowest BCUT2D eigenvalue weighted by molar-refractivity contribution is -0.137. The van der Waals surface area contributed by atoms with Gasteiger partial charge in [-0.3, -0.25) is 0 Å². The van der Waals surface area contributed by atoms with Crippen LogP contribution < -0.4 is 10.5 Å². The van der Waals surface area contributed by atoms with Gasteiger partial charge in [-0.15, -0.1) is 12.4 Å². The highest BCUT2D eigenvalue weighted by Gasteiger charge is 2.40. The van der Waals surface area contributed by atoms with Gasteiger partial charge in [0.2, 0.25) is 0 Å². The fraction of sp³-hybridized carbons (Fsp3) is 0.455. The second-order valence-corrected chi connectivity index (χ2v) is 4.64. The van der Waals surface area contributed by atoms with E-state index in [-0.39, 0.29) is 24.8 Å². The molecule has 1 aliphatic carbocycles. The van der Waals surface area contributed by atoms with Crippen molar-refractivity contribution in [3.05, 3.63) is 28.8 Å². The Balaban J connectivity index is 0.00000162. The van der Waals surface area contributed by atoms with Crippen LogP contribution in [0.15, 0.2) is 18.2 Å². The standard InChI is InChI=1S/C11H11ClF3NO.ClH/c12-9-7(11(13,14)15)2-1-3-8(9)17-6-10(16)4-5-10;/h1-3H,4-6,16H2;1H. The molecule has 0 bridgehead atoms. The number of benzene rings is 1. The summed E-state index contributed by atoms with van der Waals surface area (Å²) in [5.41, 5.74) is 4.50. The van der Waals surface area contributed by atoms with Crippen molar-refractivity contribution in [2.45, 2.75) is 24.6 Å². The zero-order valence-corrected chi connectivity index (χ0v) is 10.8. The number of rotatable bonds is 3. The van der Waals surface area contributed by atoms with Crippen molar-refractivity contribution in [2.24, 2.45) is 5.73 Å². The number of alkyl halides is 3. The van der Waals surface area contributed by atoms with Gasteiger partial charge in [0.25, 0.3) is 0 Å². The SMILES string of the molecule is Cl.NC1(COc2cccc(C(F)(F)F)c2Cl)CC1. The minimum Gasteiger partial charge on any atom is -0.490 e. The van der Waals surface area contributed by atoms with Crippen LogP contribution in [0.4, 0.5) is 13.2 Å². The average Bonchev–Trinajstić information content (AvgIpc) is 2.94. The largest absolute Gasteiger partial charge is 0.490 e. The van der Waals surface area contributed by atoms with Crippen molar-refractivity contribution in [3.8, 4) is 5.75 Å². The zero-order valence-electron chi connectivity index (χ0n) is 9.26. The molecule has 2 nitrogen and oxygen atoms in total. The lowest BCUT2D eigenvalue weighted by atomic mass is 10.2. The van der Waals surface area contributed by atoms with E-state index < -0.39 is 22.3 Å². The molecule has 0 saturated heterocycles. The van der Waals surface area contributed by atoms with Crippen LogP contribution in [0.2, 0.25) is 5.02 Å². The minimum absolute atomic E-state index is 0. The molecule has 1 aliphatic rings. The average molecular weight is 302 g/mol. The molecule has 7 heteroatoms. The van der Waals surface area contributed by atoms with Crippen molar-refractivity contribution < 1.29 is 17.9 Å². The second kappa shape index (κ2) is 5.15. The molecular weight excluding hydrogens is 290 g/mol. The van der Waals surface area contributed by atoms with Crippen LogP contribution in [0.1, 0.15) is 18.4 Å². The molecule has 18 heavy (non-hydrogen) atoms. The Labute approximate surface area is 114 Å². The highest BCUT2D eigenvalue weighted by molar-refractivity contribution is 6.32. The van der Waals surface area contributed by atoms with Crippen LogP contribution in [0.25, 0.3) is 0 Å². The molecule has 2 N–H and O–H groups in total. The molecule has 1 fully saturated rings. The smallest absolute Gasteiger partial charge is 0.417 e. The van der Waals surface area contributed by atoms with Gasteiger partial charge in [0.15, 0.2) is 0 Å². The van der Waals surface area contributed by atoms with Crippen molar-refractivity contribution in [2.75, 3.05) is 6.61 Å². The van der Waals surface area contributed by atoms with E-state index in [4.69, 9.17) is 22.1 Å². The molecular formula is C11H12Cl2F3NO. The molecule has 0 aromatic heterocycles. The number of halogens is 5. The predicted molar refractivity (Wildman–Crippen MR) is 65.3 cm³/mol. The zero-order chi connectivity index (χ0) is 12.7. The fourth-order valence-electron chi connectivity index (χ4n) is 1.37. The van der Waals surface area contributed by atoms with E-state index in [9.17, 15) is 13.2 Å². The van der Waals surface area contributed by atoms with Gasteiger partial charge in [0.1, 0.15) is 12.4 Å². The Morgan fingerprint density at radius 2 is 1.94 bits per heavy atom. The van der Waals surface area contributed by atoms with Gasteiger partial charge in [-0.2, -0.15) is 13.2 Å². The fourth-order valence-corrected chi connectivity index (χ4v) is 1.66. The summed E-state index contributed by atoms with van der Waals surface area (Å²) in [7, 11) is 0. The van der Waals surface area contributed by atoms with Gasteiger partial charge in [-0.25, -0.2) is 0 Å². The van der Waals surface area contributed by atoms with Crippen LogP contribution in [0.3, 0.4) is 0 Å². The van der Waals surface area contributed by atoms with E-state index in [1.54, 1.807) is 0 Å². The number of ether oxygens (including phenoxy) is 1. The Bertz CT molecular complexity index is 433. The van der Waals surface area contributed by atoms with E-state index >= 15 is 0 Å². The predicted octanol–water partition coefficient (Wildman–Crippen LogP) is 3.65. The highest BCUT2D eigenvalue weighted by atomic mass is 35.5. The van der Waals surface area contributed by atoms with E-state index in [1.807, 2.05) is 0 Å². The summed E-state index contributed by atoms with van der Waals surface area (Å²) in [5.74, 6) is 0.0261. The van der Waals surface area contributed by atoms with Crippen molar-refractivity contribution >= 4 is 24.0 Å². The molecule has 0 spiro atoms. The Kier molecular flexibility index (Phi) is 4.41. The first-order chi connectivity index (χ1) is 7.82. The summed E-state index contributed by atoms with van der Waals surface area (Å²) in [5, 5.41) is -0.413. The summed E-state index contributed by atoms with van der Waals surface area (Å²) >= 11 is 5.66. The van der Waals surface area contributed by atoms with Crippen molar-refractivity contribution in [1.82, 2.24) is 0 Å². The van der Waals surface area contributed by atoms with Gasteiger partial charge >= 0.3 is 6.18 Å². The molecule has 0 unspecified atom stereocenters. The minimum atomic E-state index is -4.48. The van der Waals surface area contributed by atoms with E-state index in [2.05, 4.69) is 0 Å². The summed E-state index contributed by atoms with van der Waals surface area (Å²) in [6, 6.07) is 3.59. The summed E-state index contributed by atoms with van der Waals surface area (Å²) < 4.78 is 42.9. The maximum absolute atomic E-state index is 12.6. The monoisotopic (exact) mass is 301 g/mol. The molecule has 102 valence electrons. The lowest BCUT2D eigenvalue weighted by Crippen LogP contribution is -2.29. The Morgan fingerprint density at radius 3 is 2.44 bits per heavy atom. The molecule has 1 saturated carbocycles. The van der Waals surface area contributed by atoms with Crippen LogP contribution in [-0.2, 0) is 6.18 Å². The maximum atomic E-state index is 12.6. The first kappa shape index (κ1) is 15.4. The molecule has 0 heterocycles. The van der Waals surface area contributed by atoms with Crippen LogP contribution in [-0.4, -0.2) is 12.1 Å². The Morgan fingerprint density at radius 1 is 1.33 bits per heavy atom. The van der Waals surface area contributed by atoms with Crippen molar-refractivity contribution in [1.29, 1.82) is 0 Å². The van der Waals surface area contributed by atoms with Gasteiger partial charge in [-0.1, -0.05) is 17.7 Å². The third-order valence-electron chi connectivity index (χ3n) is 2.68. The maximum Gasteiger partial charge on any atom is 0.417 e. The first-order valence-corrected chi connectivity index (χ1v) is 5.47. The summed E-state index contributed by atoms with van der Waals surface area (Å²) in [6.07, 6.45) is -2.83. The van der Waals surface area contributed by atoms with E-state index in [0.717, 1.165) is 18.9 Å². The topological polar surface area (TPSA) is 35.2 Å². The summed E-state index contributed by atoms with van der Waals surface area (Å²) in [6.45, 7) is 0.189. The van der Waals surface area contributed by atoms with Gasteiger partial charge in [0, 0.05) is 0 Å². The molecule has 0 amide bonds. The van der Waals surface area contributed by atoms with Crippen LogP contribution in [0, 0.1) is 0 Å². The van der Waals surface area contributed by atoms with Gasteiger partial charge in [-0.05, 0) is 25.0 Å². The Hall–Kier alpha value is -0.650. The lowest BCUT2D eigenvalue weighted by Gasteiger charge is -2.15. The van der Waals surface area contributed by atoms with Crippen LogP contribution in [0.5, 0.6) is 5.75 Å². The normalized spacial score (nSPS) is 16.9. The molecule has 1 aromatic rings. The number of hydrogen-bond donors (Lipinski definition) is 1. The third-order valence-corrected chi connectivity index (χ3v) is 3.07. The molecule has 1 aromatic carbocycles. The molecule has 0 atom stereocenters. The number of nitrogens with two attached hydrogens (primary N) is 1. The third kappa shape index (κ3) is 3.43. The molecule has 0 aliphatic heterocycles. The summed E-state index contributed by atoms with van der Waals surface area (Å²) in [4.78, 5) is 0. The van der Waals surface area contributed by atoms with Gasteiger partial charge in [0.05, 0.1) is 16.1 Å². The quantitative estimate of drug-likeness (QED) is 0.925. The first-order valence-electron chi connectivity index (χ1n) is 5.09. The molecule has 0 radical (unpaired) electrons.